The molecule has 135 heavy (non-hydrogen) atoms. The smallest absolute Gasteiger partial charge is 1.00 e. The number of carboxylic acid groups (broad SMARTS) is 1. The zero-order chi connectivity index (χ0) is 100. The number of nitrogens with one attached hydrogen (secondary N) is 1. The fourth-order valence-electron chi connectivity index (χ4n) is 12.2. The number of halogens is 19. The zero-order valence-corrected chi connectivity index (χ0v) is 98.2. The van der Waals surface area contributed by atoms with Gasteiger partial charge in [-0.1, -0.05) is 197 Å². The number of hydrogen-bond acceptors (Lipinski definition) is 22. The van der Waals surface area contributed by atoms with E-state index in [1.54, 1.807) is 146 Å². The normalized spacial score (nSPS) is 10.4. The molecule has 3 N–H and O–H groups in total. The quantitative estimate of drug-likeness (QED) is 0.00573. The molecular weight excluding hydrogens is 2380 g/mol. The van der Waals surface area contributed by atoms with Gasteiger partial charge in [0.25, 0.3) is 6.47 Å². The van der Waals surface area contributed by atoms with Gasteiger partial charge in [-0.3, -0.25) is 38.9 Å². The SMILES string of the molecule is BrP(Br)Br.CCN(CC)Cc1nc(-c2cncc(Cl)c2)n(Cc2cc(Cl)ccc2Cl)c1C(=O)O.CCN(CC)Cc1nc(-c2cncc(Cl)c2)n(Cc2cc(Cl)ccc2Cl)c1C(=O)OC.CCNCC.COC(=O)c1c(CBr)nc(-c2cncc(Cl)c2)n1Cc1cc(Cl)ccc1Cl.COC(=O)c1c(CO)nc(-c2cncc(Cl)c2)n1Cc1cc(Cl)ccc1Cl.ClCCl.O=CO[O-].[2H]CF.[H-].[K+].[K+]. The van der Waals surface area contributed by atoms with E-state index in [9.17, 15) is 33.8 Å². The van der Waals surface area contributed by atoms with Gasteiger partial charge in [-0.2, -0.15) is 0 Å². The van der Waals surface area contributed by atoms with E-state index in [-0.39, 0.29) is 163 Å². The number of aromatic nitrogens is 12. The molecule has 0 aliphatic carbocycles. The number of benzene rings is 4. The summed E-state index contributed by atoms with van der Waals surface area (Å²) >= 11 is 96.8. The maximum atomic E-state index is 12.9. The first-order valence-electron chi connectivity index (χ1n) is 39.5. The predicted molar refractivity (Wildman–Crippen MR) is 547 cm³/mol. The second-order valence-electron chi connectivity index (χ2n) is 26.2. The van der Waals surface area contributed by atoms with Crippen LogP contribution in [0, 0.1) is 0 Å². The van der Waals surface area contributed by atoms with Crippen molar-refractivity contribution in [1.82, 2.24) is 73.3 Å². The number of imidazole rings is 4. The van der Waals surface area contributed by atoms with Crippen LogP contribution in [0.15, 0.2) is 147 Å². The number of carbonyl (C=O) groups excluding carboxylic acids is 4. The van der Waals surface area contributed by atoms with Gasteiger partial charge in [0, 0.05) is 130 Å². The number of alkyl halides is 4. The van der Waals surface area contributed by atoms with Crippen molar-refractivity contribution in [2.24, 2.45) is 0 Å². The fraction of sp³-hybridized carbons (Fsp3) is 0.291. The fourth-order valence-corrected chi connectivity index (χ4v) is 14.8. The van der Waals surface area contributed by atoms with Crippen LogP contribution in [0.4, 0.5) is 4.39 Å². The van der Waals surface area contributed by atoms with E-state index in [0.29, 0.717) is 164 Å². The van der Waals surface area contributed by atoms with Crippen molar-refractivity contribution in [1.29, 1.82) is 0 Å². The summed E-state index contributed by atoms with van der Waals surface area (Å²) in [6.07, 6.45) is 12.5. The number of carbonyl (C=O) groups is 5. The summed E-state index contributed by atoms with van der Waals surface area (Å²) in [6, 6.07) is 27.4. The average molecular weight is 2470 g/mol. The Kier molecular flexibility index (Phi) is 64.7. The Bertz CT molecular complexity index is 5640. The maximum absolute atomic E-state index is 12.9. The zero-order valence-electron chi connectivity index (χ0n) is 76.1. The molecule has 0 atom stereocenters. The molecule has 0 bridgehead atoms. The monoisotopic (exact) mass is 2460 g/mol. The molecule has 0 radical (unpaired) electrons. The Morgan fingerprint density at radius 2 is 0.704 bits per heavy atom. The molecule has 0 spiro atoms. The average Bonchev–Trinajstić information content (AvgIpc) is 1.12. The van der Waals surface area contributed by atoms with Crippen LogP contribution in [0.25, 0.3) is 45.6 Å². The van der Waals surface area contributed by atoms with E-state index in [1.165, 1.54) is 39.9 Å². The Morgan fingerprint density at radius 3 is 0.919 bits per heavy atom. The van der Waals surface area contributed by atoms with Crippen molar-refractivity contribution in [3.63, 3.8) is 0 Å². The van der Waals surface area contributed by atoms with Crippen LogP contribution in [0.3, 0.4) is 0 Å². The summed E-state index contributed by atoms with van der Waals surface area (Å²) in [7, 11) is 2.94. The first kappa shape index (κ1) is 126. The molecule has 27 nitrogen and oxygen atoms in total. The van der Waals surface area contributed by atoms with Gasteiger partial charge < -0.3 is 59.6 Å². The summed E-state index contributed by atoms with van der Waals surface area (Å²) in [5.74, 6) is -0.754. The van der Waals surface area contributed by atoms with E-state index < -0.39 is 37.6 Å². The molecule has 8 heterocycles. The van der Waals surface area contributed by atoms with Crippen molar-refractivity contribution >= 4 is 259 Å². The summed E-state index contributed by atoms with van der Waals surface area (Å²) in [4.78, 5) is 100. The van der Waals surface area contributed by atoms with E-state index in [1.807, 2.05) is 13.8 Å². The van der Waals surface area contributed by atoms with Gasteiger partial charge in [0.2, 0.25) is 0 Å². The van der Waals surface area contributed by atoms with Gasteiger partial charge in [-0.15, -0.1) is 23.2 Å². The third-order valence-corrected chi connectivity index (χ3v) is 21.8. The first-order valence-corrected chi connectivity index (χ1v) is 53.0. The number of esters is 3. The van der Waals surface area contributed by atoms with Gasteiger partial charge in [-0.05, 0) is 205 Å². The molecule has 0 fully saturated rings. The molecule has 8 aromatic heterocycles. The number of ether oxygens (including phenoxy) is 3. The number of aromatic carboxylic acids is 1. The molecule has 12 aromatic rings. The summed E-state index contributed by atoms with van der Waals surface area (Å²) in [5.41, 5.74) is 8.10. The van der Waals surface area contributed by atoms with E-state index >= 15 is 0 Å². The Balaban J connectivity index is 0.000000851. The molecule has 720 valence electrons. The second-order valence-corrected chi connectivity index (χ2v) is 48.0. The van der Waals surface area contributed by atoms with Gasteiger partial charge >= 0.3 is 127 Å². The van der Waals surface area contributed by atoms with Crippen LogP contribution < -0.4 is 113 Å². The first-order chi connectivity index (χ1) is 64.0. The van der Waals surface area contributed by atoms with Crippen LogP contribution in [0.5, 0.6) is 0 Å². The topological polar surface area (TPSA) is 327 Å². The minimum atomic E-state index is -1.07. The number of carboxylic acids is 1. The maximum Gasteiger partial charge on any atom is 1.00 e. The third-order valence-electron chi connectivity index (χ3n) is 18.0. The van der Waals surface area contributed by atoms with Crippen molar-refractivity contribution in [2.45, 2.75) is 92.7 Å². The Hall–Kier alpha value is -2.92. The van der Waals surface area contributed by atoms with Gasteiger partial charge in [-0.25, -0.2) is 39.1 Å². The van der Waals surface area contributed by atoms with Crippen LogP contribution in [0.1, 0.15) is 131 Å². The van der Waals surface area contributed by atoms with Crippen LogP contribution >= 0.6 is 229 Å². The van der Waals surface area contributed by atoms with Crippen LogP contribution in [-0.2, 0) is 75.1 Å². The molecule has 49 heteroatoms. The van der Waals surface area contributed by atoms with Crippen LogP contribution in [0.2, 0.25) is 60.3 Å². The Labute approximate surface area is 973 Å². The number of rotatable bonds is 29. The van der Waals surface area contributed by atoms with E-state index in [2.05, 4.69) is 140 Å². The molecule has 0 aliphatic heterocycles. The summed E-state index contributed by atoms with van der Waals surface area (Å²) in [6.45, 7) is 18.9. The standard InChI is InChI=1S/C22H23Cl3N4O2.C21H21Cl3N4O2.C18H13BrCl3N3O2.C18H14Cl3N3O3.C4H11N.CH2Cl2.CH3F.CH2O3.Br3P.2K.H/c1-4-28(5-2)13-19-20(22(30)31-3)29(12-15-9-16(23)6-7-18(15)25)21(27-19)14-8-17(24)11-26-10-14;1-3-27(4-2)12-18-19(21(29)30)28(11-14-8-15(22)5-6-17(14)24)20(26-18)13-7-16(23)10-25-9-13;1-27-18(26)16-15(6-19)24-17(10-4-13(21)8-23-7-10)25(16)9-11-5-12(20)2-3-14(11)22;1-27-18(26)16-15(9-25)23-17(10-4-13(20)7-22-6-10)24(16)8-11-5-12(19)2-3-14(11)21;1-3-5-4-2;2-1-3;1-2;2-1-4-3;1-4(2)3;;;/h6-11H,4-5,12-13H2,1-3H3;5-10H,3-4,11-12H2,1-2H3,(H,29,30);2-5,7-8H,6,9H2,1H3;2-7,25H,8-9H2,1H3;5H,3-4H2,1-2H3;1H2;1H3;1,3H;;;;/q;;;;;;;;;2*+1;-1/p-1/i;;;;;;1D;;;;;. The van der Waals surface area contributed by atoms with E-state index in [0.717, 1.165) is 50.4 Å². The van der Waals surface area contributed by atoms with Crippen LogP contribution in [-0.4, -0.2) is 182 Å². The number of aliphatic hydroxyl groups is 1. The third kappa shape index (κ3) is 41.3. The Morgan fingerprint density at radius 1 is 0.467 bits per heavy atom. The number of nitrogens with zero attached hydrogens (tertiary/aromatic N) is 14. The van der Waals surface area contributed by atoms with Crippen molar-refractivity contribution in [3.8, 4) is 45.6 Å². The minimum Gasteiger partial charge on any atom is -1.00 e. The van der Waals surface area contributed by atoms with Gasteiger partial charge in [0.15, 0.2) is 22.8 Å². The minimum absolute atomic E-state index is 0. The van der Waals surface area contributed by atoms with Crippen molar-refractivity contribution in [2.75, 3.05) is 73.1 Å². The number of aliphatic hydroxyl groups excluding tert-OH is 1. The molecule has 0 aliphatic rings. The molecule has 0 amide bonds. The number of hydrogen-bond donors (Lipinski definition) is 3. The predicted octanol–water partition coefficient (Wildman–Crippen LogP) is 19.5. The largest absolute Gasteiger partial charge is 1.00 e. The molecular formula is C86H89Br4Cl14FK2N15O12P. The summed E-state index contributed by atoms with van der Waals surface area (Å²) < 4.78 is 37.0. The van der Waals surface area contributed by atoms with Gasteiger partial charge in [0.1, 0.15) is 27.3 Å². The summed E-state index contributed by atoms with van der Waals surface area (Å²) in [5, 5.41) is 37.8. The number of pyridine rings is 4. The van der Waals surface area contributed by atoms with Crippen molar-refractivity contribution in [3.05, 3.63) is 275 Å². The molecule has 4 aromatic carbocycles. The second kappa shape index (κ2) is 69.2. The van der Waals surface area contributed by atoms with Gasteiger partial charge in [0.05, 0.1) is 111 Å². The molecule has 0 saturated carbocycles. The number of methoxy groups -OCH3 is 3. The van der Waals surface area contributed by atoms with Crippen molar-refractivity contribution < 1.29 is 168 Å². The van der Waals surface area contributed by atoms with E-state index in [4.69, 9.17) is 198 Å². The molecule has 0 saturated heterocycles. The molecule has 0 unspecified atom stereocenters. The molecule has 12 rings (SSSR count).